The van der Waals surface area contributed by atoms with Crippen LogP contribution in [0, 0.1) is 0 Å². The maximum Gasteiger partial charge on any atom is 0.143 e. The highest BCUT2D eigenvalue weighted by molar-refractivity contribution is 5.52. The van der Waals surface area contributed by atoms with Crippen LogP contribution in [-0.4, -0.2) is 23.8 Å². The fraction of sp³-hybridized carbons (Fsp3) is 0.250. The van der Waals surface area contributed by atoms with E-state index >= 15 is 0 Å². The van der Waals surface area contributed by atoms with Crippen molar-refractivity contribution in [2.75, 3.05) is 14.2 Å². The van der Waals surface area contributed by atoms with Gasteiger partial charge in [0.1, 0.15) is 11.5 Å². The lowest BCUT2D eigenvalue weighted by atomic mass is 10.2. The standard InChI is InChI=1S/C12H15N3O2/c1-16-10-3-4-12(17-2)11(5-10)15-8-14-7-9(15)6-13/h3-5,7-8H,6,13H2,1-2H3. The highest BCUT2D eigenvalue weighted by Crippen LogP contribution is 2.28. The molecule has 0 radical (unpaired) electrons. The van der Waals surface area contributed by atoms with Crippen molar-refractivity contribution >= 4 is 0 Å². The minimum absolute atomic E-state index is 0.417. The summed E-state index contributed by atoms with van der Waals surface area (Å²) in [6, 6.07) is 5.59. The van der Waals surface area contributed by atoms with Crippen molar-refractivity contribution in [2.24, 2.45) is 5.73 Å². The van der Waals surface area contributed by atoms with Crippen LogP contribution in [0.4, 0.5) is 0 Å². The maximum absolute atomic E-state index is 5.66. The van der Waals surface area contributed by atoms with Crippen molar-refractivity contribution in [3.63, 3.8) is 0 Å². The predicted molar refractivity (Wildman–Crippen MR) is 64.6 cm³/mol. The molecule has 0 amide bonds. The van der Waals surface area contributed by atoms with Gasteiger partial charge in [0.25, 0.3) is 0 Å². The van der Waals surface area contributed by atoms with E-state index in [1.54, 1.807) is 26.7 Å². The summed E-state index contributed by atoms with van der Waals surface area (Å²) in [7, 11) is 3.26. The lowest BCUT2D eigenvalue weighted by Crippen LogP contribution is -2.06. The van der Waals surface area contributed by atoms with E-state index in [4.69, 9.17) is 15.2 Å². The van der Waals surface area contributed by atoms with Gasteiger partial charge in [0.2, 0.25) is 0 Å². The molecule has 2 N–H and O–H groups in total. The molecular weight excluding hydrogens is 218 g/mol. The largest absolute Gasteiger partial charge is 0.497 e. The molecule has 0 atom stereocenters. The summed E-state index contributed by atoms with van der Waals surface area (Å²) in [6.45, 7) is 0.417. The Morgan fingerprint density at radius 1 is 1.29 bits per heavy atom. The molecule has 90 valence electrons. The van der Waals surface area contributed by atoms with Crippen LogP contribution in [0.15, 0.2) is 30.7 Å². The molecule has 2 aromatic rings. The van der Waals surface area contributed by atoms with E-state index in [1.165, 1.54) is 0 Å². The molecule has 0 aliphatic heterocycles. The van der Waals surface area contributed by atoms with Gasteiger partial charge in [-0.15, -0.1) is 0 Å². The van der Waals surface area contributed by atoms with Gasteiger partial charge < -0.3 is 15.2 Å². The molecule has 1 aromatic carbocycles. The van der Waals surface area contributed by atoms with E-state index in [2.05, 4.69) is 4.98 Å². The number of aromatic nitrogens is 2. The van der Waals surface area contributed by atoms with Crippen LogP contribution in [0.25, 0.3) is 5.69 Å². The van der Waals surface area contributed by atoms with Gasteiger partial charge in [-0.2, -0.15) is 0 Å². The number of hydrogen-bond acceptors (Lipinski definition) is 4. The van der Waals surface area contributed by atoms with Crippen LogP contribution in [0.5, 0.6) is 11.5 Å². The minimum Gasteiger partial charge on any atom is -0.497 e. The Hall–Kier alpha value is -2.01. The molecule has 17 heavy (non-hydrogen) atoms. The van der Waals surface area contributed by atoms with Gasteiger partial charge in [0, 0.05) is 18.8 Å². The number of imidazole rings is 1. The van der Waals surface area contributed by atoms with Crippen LogP contribution in [0.3, 0.4) is 0 Å². The van der Waals surface area contributed by atoms with E-state index in [0.29, 0.717) is 6.54 Å². The molecular formula is C12H15N3O2. The summed E-state index contributed by atoms with van der Waals surface area (Å²) >= 11 is 0. The Labute approximate surface area is 99.8 Å². The van der Waals surface area contributed by atoms with Crippen molar-refractivity contribution in [3.05, 3.63) is 36.4 Å². The van der Waals surface area contributed by atoms with Crippen molar-refractivity contribution in [1.82, 2.24) is 9.55 Å². The number of nitrogens with two attached hydrogens (primary N) is 1. The summed E-state index contributed by atoms with van der Waals surface area (Å²) in [5, 5.41) is 0. The average Bonchev–Trinajstić information content (AvgIpc) is 2.86. The third kappa shape index (κ3) is 2.09. The fourth-order valence-electron chi connectivity index (χ4n) is 1.68. The van der Waals surface area contributed by atoms with Crippen LogP contribution in [0.2, 0.25) is 0 Å². The van der Waals surface area contributed by atoms with Crippen molar-refractivity contribution in [1.29, 1.82) is 0 Å². The molecule has 0 bridgehead atoms. The second-order valence-corrected chi connectivity index (χ2v) is 3.50. The number of hydrogen-bond donors (Lipinski definition) is 1. The van der Waals surface area contributed by atoms with Crippen LogP contribution in [0.1, 0.15) is 5.69 Å². The van der Waals surface area contributed by atoms with Gasteiger partial charge in [-0.3, -0.25) is 4.57 Å². The molecule has 0 saturated heterocycles. The SMILES string of the molecule is COc1ccc(OC)c(-n2cncc2CN)c1. The van der Waals surface area contributed by atoms with E-state index < -0.39 is 0 Å². The van der Waals surface area contributed by atoms with E-state index in [0.717, 1.165) is 22.9 Å². The van der Waals surface area contributed by atoms with Crippen LogP contribution in [-0.2, 0) is 6.54 Å². The Kier molecular flexibility index (Phi) is 3.30. The molecule has 5 nitrogen and oxygen atoms in total. The Morgan fingerprint density at radius 2 is 2.12 bits per heavy atom. The Bertz CT molecular complexity index is 508. The second-order valence-electron chi connectivity index (χ2n) is 3.50. The number of ether oxygens (including phenoxy) is 2. The summed E-state index contributed by atoms with van der Waals surface area (Å²) in [5.41, 5.74) is 7.44. The first-order chi connectivity index (χ1) is 8.30. The highest BCUT2D eigenvalue weighted by Gasteiger charge is 2.10. The summed E-state index contributed by atoms with van der Waals surface area (Å²) in [4.78, 5) is 4.09. The van der Waals surface area contributed by atoms with Gasteiger partial charge in [0.05, 0.1) is 31.9 Å². The Balaban J connectivity index is 2.56. The Morgan fingerprint density at radius 3 is 2.76 bits per heavy atom. The van der Waals surface area contributed by atoms with Crippen molar-refractivity contribution < 1.29 is 9.47 Å². The molecule has 0 saturated carbocycles. The monoisotopic (exact) mass is 233 g/mol. The normalized spacial score (nSPS) is 10.3. The van der Waals surface area contributed by atoms with Crippen molar-refractivity contribution in [2.45, 2.75) is 6.54 Å². The molecule has 0 unspecified atom stereocenters. The summed E-state index contributed by atoms with van der Waals surface area (Å²) in [6.07, 6.45) is 3.44. The molecule has 0 spiro atoms. The minimum atomic E-state index is 0.417. The molecule has 0 aliphatic carbocycles. The first kappa shape index (κ1) is 11.5. The second kappa shape index (κ2) is 4.88. The van der Waals surface area contributed by atoms with Gasteiger partial charge in [-0.25, -0.2) is 4.98 Å². The van der Waals surface area contributed by atoms with E-state index in [-0.39, 0.29) is 0 Å². The highest BCUT2D eigenvalue weighted by atomic mass is 16.5. The van der Waals surface area contributed by atoms with Gasteiger partial charge in [-0.05, 0) is 12.1 Å². The molecule has 0 fully saturated rings. The lowest BCUT2D eigenvalue weighted by Gasteiger charge is -2.13. The molecule has 2 rings (SSSR count). The zero-order valence-corrected chi connectivity index (χ0v) is 9.88. The zero-order chi connectivity index (χ0) is 12.3. The van der Waals surface area contributed by atoms with Gasteiger partial charge >= 0.3 is 0 Å². The third-order valence-corrected chi connectivity index (χ3v) is 2.57. The quantitative estimate of drug-likeness (QED) is 0.865. The molecule has 5 heteroatoms. The maximum atomic E-state index is 5.66. The number of nitrogens with zero attached hydrogens (tertiary/aromatic N) is 2. The van der Waals surface area contributed by atoms with Gasteiger partial charge in [-0.1, -0.05) is 0 Å². The lowest BCUT2D eigenvalue weighted by molar-refractivity contribution is 0.401. The van der Waals surface area contributed by atoms with Crippen LogP contribution >= 0.6 is 0 Å². The molecule has 0 aliphatic rings. The van der Waals surface area contributed by atoms with E-state index in [1.807, 2.05) is 22.8 Å². The van der Waals surface area contributed by atoms with Gasteiger partial charge in [0.15, 0.2) is 0 Å². The van der Waals surface area contributed by atoms with Crippen LogP contribution < -0.4 is 15.2 Å². The number of benzene rings is 1. The average molecular weight is 233 g/mol. The number of methoxy groups -OCH3 is 2. The predicted octanol–water partition coefficient (Wildman–Crippen LogP) is 1.35. The topological polar surface area (TPSA) is 62.3 Å². The van der Waals surface area contributed by atoms with Crippen molar-refractivity contribution in [3.8, 4) is 17.2 Å². The summed E-state index contributed by atoms with van der Waals surface area (Å²) < 4.78 is 12.4. The number of rotatable bonds is 4. The van der Waals surface area contributed by atoms with E-state index in [9.17, 15) is 0 Å². The summed E-state index contributed by atoms with van der Waals surface area (Å²) in [5.74, 6) is 1.51. The zero-order valence-electron chi connectivity index (χ0n) is 9.88. The molecule has 1 heterocycles. The third-order valence-electron chi connectivity index (χ3n) is 2.57. The smallest absolute Gasteiger partial charge is 0.143 e. The first-order valence-electron chi connectivity index (χ1n) is 5.24. The molecule has 1 aromatic heterocycles. The first-order valence-corrected chi connectivity index (χ1v) is 5.24. The fourth-order valence-corrected chi connectivity index (χ4v) is 1.68.